The second-order valence-corrected chi connectivity index (χ2v) is 4.80. The molecule has 1 aromatic rings. The van der Waals surface area contributed by atoms with Crippen molar-refractivity contribution < 1.29 is 18.3 Å². The Balaban J connectivity index is 0.00000200. The topological polar surface area (TPSA) is 64.3 Å². The Morgan fingerprint density at radius 3 is 2.70 bits per heavy atom. The van der Waals surface area contributed by atoms with E-state index in [1.165, 1.54) is 24.3 Å². The third-order valence-corrected chi connectivity index (χ3v) is 3.27. The largest absolute Gasteiger partial charge is 0.435 e. The molecule has 0 spiro atoms. The summed E-state index contributed by atoms with van der Waals surface area (Å²) in [7, 11) is 0. The Hall–Kier alpha value is -1.40. The number of alkyl halides is 2. The summed E-state index contributed by atoms with van der Waals surface area (Å²) in [5.41, 5.74) is 5.95. The molecule has 0 atom stereocenters. The van der Waals surface area contributed by atoms with Crippen LogP contribution in [-0.2, 0) is 0 Å². The molecule has 1 aliphatic carbocycles. The van der Waals surface area contributed by atoms with Crippen molar-refractivity contribution in [3.05, 3.63) is 29.8 Å². The van der Waals surface area contributed by atoms with Crippen molar-refractivity contribution in [3.63, 3.8) is 0 Å². The lowest BCUT2D eigenvalue weighted by Crippen LogP contribution is -2.54. The van der Waals surface area contributed by atoms with Crippen LogP contribution in [0.2, 0.25) is 0 Å². The van der Waals surface area contributed by atoms with Crippen molar-refractivity contribution in [2.24, 2.45) is 5.73 Å². The Labute approximate surface area is 122 Å². The molecule has 0 bridgehead atoms. The molecule has 0 heterocycles. The van der Waals surface area contributed by atoms with Gasteiger partial charge in [-0.05, 0) is 37.5 Å². The molecule has 1 saturated carbocycles. The van der Waals surface area contributed by atoms with Crippen LogP contribution in [0.4, 0.5) is 8.78 Å². The molecule has 1 aromatic carbocycles. The second-order valence-electron chi connectivity index (χ2n) is 4.80. The fourth-order valence-electron chi connectivity index (χ4n) is 1.98. The van der Waals surface area contributed by atoms with Crippen LogP contribution in [0, 0.1) is 0 Å². The van der Waals surface area contributed by atoms with Crippen molar-refractivity contribution in [2.45, 2.75) is 31.4 Å². The molecule has 7 heteroatoms. The van der Waals surface area contributed by atoms with Gasteiger partial charge in [0.1, 0.15) is 5.75 Å². The average Bonchev–Trinajstić information content (AvgIpc) is 2.33. The number of nitrogens with two attached hydrogens (primary N) is 1. The predicted octanol–water partition coefficient (Wildman–Crippen LogP) is 2.32. The monoisotopic (exact) mass is 306 g/mol. The van der Waals surface area contributed by atoms with Crippen molar-refractivity contribution in [3.8, 4) is 5.75 Å². The summed E-state index contributed by atoms with van der Waals surface area (Å²) in [6, 6.07) is 5.69. The van der Waals surface area contributed by atoms with Gasteiger partial charge in [0.2, 0.25) is 0 Å². The first-order chi connectivity index (χ1) is 8.98. The highest BCUT2D eigenvalue weighted by molar-refractivity contribution is 5.94. The van der Waals surface area contributed by atoms with Crippen LogP contribution in [-0.4, -0.2) is 24.6 Å². The van der Waals surface area contributed by atoms with Crippen molar-refractivity contribution >= 4 is 18.3 Å². The van der Waals surface area contributed by atoms with Gasteiger partial charge in [0.15, 0.2) is 0 Å². The molecular formula is C13H17ClF2N2O2. The maximum absolute atomic E-state index is 12.1. The summed E-state index contributed by atoms with van der Waals surface area (Å²) >= 11 is 0. The standard InChI is InChI=1S/C13H16F2N2O2.ClH/c14-12(15)19-10-4-1-3-9(7-10)11(18)17-8-13(16)5-2-6-13;/h1,3-4,7,12H,2,5-6,8,16H2,(H,17,18);1H. The highest BCUT2D eigenvalue weighted by atomic mass is 35.5. The first kappa shape index (κ1) is 16.7. The van der Waals surface area contributed by atoms with E-state index in [0.717, 1.165) is 19.3 Å². The van der Waals surface area contributed by atoms with Gasteiger partial charge in [0.25, 0.3) is 5.91 Å². The number of hydrogen-bond donors (Lipinski definition) is 2. The van der Waals surface area contributed by atoms with Crippen LogP contribution < -0.4 is 15.8 Å². The summed E-state index contributed by atoms with van der Waals surface area (Å²) in [6.07, 6.45) is 2.85. The fraction of sp³-hybridized carbons (Fsp3) is 0.462. The van der Waals surface area contributed by atoms with Crippen LogP contribution >= 0.6 is 12.4 Å². The SMILES string of the molecule is Cl.NC1(CNC(=O)c2cccc(OC(F)F)c2)CCC1. The Morgan fingerprint density at radius 2 is 2.15 bits per heavy atom. The fourth-order valence-corrected chi connectivity index (χ4v) is 1.98. The van der Waals surface area contributed by atoms with Gasteiger partial charge < -0.3 is 15.8 Å². The lowest BCUT2D eigenvalue weighted by molar-refractivity contribution is -0.0498. The Kier molecular flexibility index (Phi) is 5.71. The highest BCUT2D eigenvalue weighted by Gasteiger charge is 2.32. The molecule has 1 fully saturated rings. The molecule has 1 aliphatic rings. The summed E-state index contributed by atoms with van der Waals surface area (Å²) in [6.45, 7) is -2.51. The lowest BCUT2D eigenvalue weighted by Gasteiger charge is -2.38. The molecule has 4 nitrogen and oxygen atoms in total. The smallest absolute Gasteiger partial charge is 0.387 e. The maximum atomic E-state index is 12.1. The molecule has 1 amide bonds. The minimum absolute atomic E-state index is 0. The Morgan fingerprint density at radius 1 is 1.45 bits per heavy atom. The molecule has 112 valence electrons. The number of amides is 1. The van der Waals surface area contributed by atoms with Gasteiger partial charge in [-0.3, -0.25) is 4.79 Å². The number of carbonyl (C=O) groups excluding carboxylic acids is 1. The molecule has 0 saturated heterocycles. The van der Waals surface area contributed by atoms with Crippen LogP contribution in [0.1, 0.15) is 29.6 Å². The number of carbonyl (C=O) groups is 1. The number of halogens is 3. The van der Waals surface area contributed by atoms with Crippen LogP contribution in [0.3, 0.4) is 0 Å². The lowest BCUT2D eigenvalue weighted by atomic mass is 9.78. The first-order valence-corrected chi connectivity index (χ1v) is 6.10. The van der Waals surface area contributed by atoms with Gasteiger partial charge in [0, 0.05) is 17.6 Å². The molecular weight excluding hydrogens is 290 g/mol. The van der Waals surface area contributed by atoms with Gasteiger partial charge >= 0.3 is 6.61 Å². The van der Waals surface area contributed by atoms with Crippen LogP contribution in [0.15, 0.2) is 24.3 Å². The van der Waals surface area contributed by atoms with E-state index in [1.807, 2.05) is 0 Å². The van der Waals surface area contributed by atoms with E-state index in [9.17, 15) is 13.6 Å². The number of rotatable bonds is 5. The van der Waals surface area contributed by atoms with E-state index in [4.69, 9.17) is 5.73 Å². The molecule has 0 aliphatic heterocycles. The zero-order valence-electron chi connectivity index (χ0n) is 10.8. The van der Waals surface area contributed by atoms with Crippen LogP contribution in [0.25, 0.3) is 0 Å². The van der Waals surface area contributed by atoms with Crippen molar-refractivity contribution in [1.29, 1.82) is 0 Å². The number of nitrogens with one attached hydrogen (secondary N) is 1. The second kappa shape index (κ2) is 6.85. The summed E-state index contributed by atoms with van der Waals surface area (Å²) in [5.74, 6) is -0.370. The highest BCUT2D eigenvalue weighted by Crippen LogP contribution is 2.28. The summed E-state index contributed by atoms with van der Waals surface area (Å²) in [5, 5.41) is 2.71. The van der Waals surface area contributed by atoms with Gasteiger partial charge in [-0.15, -0.1) is 12.4 Å². The minimum atomic E-state index is -2.90. The molecule has 0 unspecified atom stereocenters. The van der Waals surface area contributed by atoms with Gasteiger partial charge in [0.05, 0.1) is 0 Å². The van der Waals surface area contributed by atoms with E-state index in [0.29, 0.717) is 6.54 Å². The predicted molar refractivity (Wildman–Crippen MR) is 73.4 cm³/mol. The number of ether oxygens (including phenoxy) is 1. The molecule has 20 heavy (non-hydrogen) atoms. The van der Waals surface area contributed by atoms with E-state index in [2.05, 4.69) is 10.1 Å². The normalized spacial score (nSPS) is 16.0. The zero-order valence-corrected chi connectivity index (χ0v) is 11.6. The van der Waals surface area contributed by atoms with Gasteiger partial charge in [-0.25, -0.2) is 0 Å². The van der Waals surface area contributed by atoms with E-state index in [1.54, 1.807) is 0 Å². The molecule has 2 rings (SSSR count). The van der Waals surface area contributed by atoms with Crippen LogP contribution in [0.5, 0.6) is 5.75 Å². The molecule has 0 radical (unpaired) electrons. The minimum Gasteiger partial charge on any atom is -0.435 e. The number of benzene rings is 1. The van der Waals surface area contributed by atoms with E-state index < -0.39 is 6.61 Å². The molecule has 0 aromatic heterocycles. The average molecular weight is 307 g/mol. The first-order valence-electron chi connectivity index (χ1n) is 6.10. The van der Waals surface area contributed by atoms with E-state index in [-0.39, 0.29) is 35.2 Å². The van der Waals surface area contributed by atoms with Gasteiger partial charge in [-0.2, -0.15) is 8.78 Å². The summed E-state index contributed by atoms with van der Waals surface area (Å²) in [4.78, 5) is 11.9. The third kappa shape index (κ3) is 4.31. The van der Waals surface area contributed by atoms with E-state index >= 15 is 0 Å². The van der Waals surface area contributed by atoms with Crippen molar-refractivity contribution in [1.82, 2.24) is 5.32 Å². The zero-order chi connectivity index (χ0) is 13.9. The maximum Gasteiger partial charge on any atom is 0.387 e. The van der Waals surface area contributed by atoms with Crippen molar-refractivity contribution in [2.75, 3.05) is 6.54 Å². The quantitative estimate of drug-likeness (QED) is 0.877. The van der Waals surface area contributed by atoms with Gasteiger partial charge in [-0.1, -0.05) is 6.07 Å². The molecule has 3 N–H and O–H groups in total. The summed E-state index contributed by atoms with van der Waals surface area (Å²) < 4.78 is 28.4. The third-order valence-electron chi connectivity index (χ3n) is 3.27. The Bertz CT molecular complexity index is 467. The number of hydrogen-bond acceptors (Lipinski definition) is 3.